The number of hydrogen-bond acceptors (Lipinski definition) is 21. The second-order valence-corrected chi connectivity index (χ2v) is 32.5. The van der Waals surface area contributed by atoms with Crippen LogP contribution in [0.5, 0.6) is 0 Å². The van der Waals surface area contributed by atoms with Crippen LogP contribution in [0.25, 0.3) is 0 Å². The summed E-state index contributed by atoms with van der Waals surface area (Å²) in [5.41, 5.74) is 52.6. The molecule has 34 heteroatoms. The average molecular weight is 1590 g/mol. The van der Waals surface area contributed by atoms with Crippen LogP contribution in [0, 0.1) is 35.5 Å². The molecule has 0 bridgehead atoms. The molecule has 112 heavy (non-hydrogen) atoms. The Morgan fingerprint density at radius 3 is 0.491 bits per heavy atom. The van der Waals surface area contributed by atoms with Gasteiger partial charge in [0.2, 0.25) is 76.8 Å². The number of hydrogen-bond donors (Lipinski definition) is 21. The molecule has 0 aromatic carbocycles. The summed E-state index contributed by atoms with van der Waals surface area (Å²) in [5.74, 6) is -10.1. The molecule has 0 saturated carbocycles. The fourth-order valence-corrected chi connectivity index (χ4v) is 12.7. The van der Waals surface area contributed by atoms with Gasteiger partial charge in [0.25, 0.3) is 0 Å². The molecule has 0 rings (SSSR count). The van der Waals surface area contributed by atoms with Crippen LogP contribution in [0.1, 0.15) is 256 Å². The van der Waals surface area contributed by atoms with E-state index in [0.29, 0.717) is 116 Å². The van der Waals surface area contributed by atoms with E-state index in [2.05, 4.69) is 63.8 Å². The van der Waals surface area contributed by atoms with Crippen LogP contribution in [-0.2, 0) is 62.3 Å². The summed E-state index contributed by atoms with van der Waals surface area (Å²) in [7, 11) is 0. The predicted octanol–water partition coefficient (Wildman–Crippen LogP) is -0.204. The van der Waals surface area contributed by atoms with E-state index in [1.165, 1.54) is 0 Å². The number of carbonyl (C=O) groups excluding carboxylic acids is 13. The maximum atomic E-state index is 14.8. The number of nitrogens with one attached hydrogen (secondary N) is 12. The summed E-state index contributed by atoms with van der Waals surface area (Å²) in [6.07, 6.45) is 8.49. The Morgan fingerprint density at radius 2 is 0.330 bits per heavy atom. The van der Waals surface area contributed by atoms with Gasteiger partial charge >= 0.3 is 0 Å². The van der Waals surface area contributed by atoms with E-state index in [0.717, 1.165) is 0 Å². The summed E-state index contributed by atoms with van der Waals surface area (Å²) < 4.78 is 0. The molecule has 13 atom stereocenters. The monoisotopic (exact) mass is 1590 g/mol. The van der Waals surface area contributed by atoms with E-state index in [-0.39, 0.29) is 139 Å². The Balaban J connectivity index is 7.29. The Morgan fingerprint density at radius 1 is 0.196 bits per heavy atom. The van der Waals surface area contributed by atoms with Crippen molar-refractivity contribution in [2.45, 2.75) is 335 Å². The number of unbranched alkanes of at least 4 members (excludes halogenated alkanes) is 7. The molecule has 34 nitrogen and oxygen atoms in total. The minimum atomic E-state index is -1.29. The Labute approximate surface area is 668 Å². The van der Waals surface area contributed by atoms with Gasteiger partial charge in [-0.1, -0.05) is 89.5 Å². The fourth-order valence-electron chi connectivity index (χ4n) is 12.7. The second-order valence-electron chi connectivity index (χ2n) is 32.5. The van der Waals surface area contributed by atoms with Gasteiger partial charge in [-0.15, -0.1) is 0 Å². The highest BCUT2D eigenvalue weighted by Crippen LogP contribution is 2.18. The summed E-state index contributed by atoms with van der Waals surface area (Å²) in [4.78, 5) is 185. The molecular formula is C78H153N21O13. The highest BCUT2D eigenvalue weighted by atomic mass is 16.2. The van der Waals surface area contributed by atoms with E-state index < -0.39 is 155 Å². The minimum absolute atomic E-state index is 0.0502. The first kappa shape index (κ1) is 105. The smallest absolute Gasteiger partial charge is 0.243 e. The van der Waals surface area contributed by atoms with Gasteiger partial charge in [-0.2, -0.15) is 0 Å². The van der Waals surface area contributed by atoms with Crippen molar-refractivity contribution in [3.8, 4) is 0 Å². The zero-order valence-electron chi connectivity index (χ0n) is 70.0. The lowest BCUT2D eigenvalue weighted by atomic mass is 9.98. The zero-order chi connectivity index (χ0) is 85.0. The van der Waals surface area contributed by atoms with Crippen molar-refractivity contribution in [1.82, 2.24) is 63.8 Å². The quantitative estimate of drug-likeness (QED) is 0.0351. The molecule has 0 unspecified atom stereocenters. The Kier molecular flexibility index (Phi) is 56.5. The van der Waals surface area contributed by atoms with Crippen molar-refractivity contribution in [3.63, 3.8) is 0 Å². The normalized spacial score (nSPS) is 15.1. The van der Waals surface area contributed by atoms with Crippen molar-refractivity contribution < 1.29 is 62.3 Å². The molecular weight excluding hydrogens is 1440 g/mol. The van der Waals surface area contributed by atoms with Gasteiger partial charge in [-0.25, -0.2) is 0 Å². The van der Waals surface area contributed by atoms with E-state index in [1.54, 1.807) is 0 Å². The average Bonchev–Trinajstić information content (AvgIpc) is 0.859. The first-order valence-electron chi connectivity index (χ1n) is 41.5. The SMILES string of the molecule is CC(C)C[C@H](NC(=O)[C@H](CC(C)C)NC(=O)[C@H](CCCCN)NC(=O)[C@H](CCCCN)NC(=O)[C@H](CC(C)C)NC(=O)[C@H](CC(C)C)NC(=O)[C@H](CCCCN)NC(=O)[C@H](CCCCN)NC(=O)[C@H](CC(C)C)NC(=O)[C@H](CC(C)C)NC(=O)[C@H](CCCCN)NC(=O)[C@@H](N)CCCCN)C(=O)N[C@@H](CCCCN)C(N)=O. The van der Waals surface area contributed by atoms with Gasteiger partial charge in [0, 0.05) is 0 Å². The van der Waals surface area contributed by atoms with Gasteiger partial charge in [0.1, 0.15) is 72.5 Å². The summed E-state index contributed by atoms with van der Waals surface area (Å²) >= 11 is 0. The predicted molar refractivity (Wildman–Crippen MR) is 437 cm³/mol. The van der Waals surface area contributed by atoms with Crippen LogP contribution in [0.4, 0.5) is 0 Å². The first-order valence-corrected chi connectivity index (χ1v) is 41.5. The van der Waals surface area contributed by atoms with Crippen LogP contribution >= 0.6 is 0 Å². The van der Waals surface area contributed by atoms with E-state index in [4.69, 9.17) is 51.6 Å². The maximum absolute atomic E-state index is 14.8. The topological polar surface area (TPSA) is 600 Å². The van der Waals surface area contributed by atoms with Crippen molar-refractivity contribution in [1.29, 1.82) is 0 Å². The Bertz CT molecular complexity index is 2780. The van der Waals surface area contributed by atoms with E-state index in [1.807, 2.05) is 83.1 Å². The molecule has 13 amide bonds. The molecule has 0 heterocycles. The molecule has 0 fully saturated rings. The Hall–Kier alpha value is -7.21. The van der Waals surface area contributed by atoms with Crippen molar-refractivity contribution in [2.24, 2.45) is 87.1 Å². The second kappa shape index (κ2) is 60.4. The van der Waals surface area contributed by atoms with Gasteiger partial charge in [0.15, 0.2) is 0 Å². The number of nitrogens with two attached hydrogens (primary N) is 9. The standard InChI is InChI=1S/C78H153N21O13/c1-47(2)41-60(73(107)88-54(66(87)100)28-14-21-35-80)97-76(110)64(45-51(9)10)95-71(105)58(32-18-25-39-84)90-68(102)57(31-17-24-38-83)93-75(109)62(43-49(5)6)99-78(112)65(46-52(11)12)96-72(106)59(33-19-26-40-85)91-69(103)56(30-16-23-37-82)92-74(108)61(42-48(3)4)98-77(111)63(44-50(7)8)94-70(104)55(29-15-22-36-81)89-67(101)53(86)27-13-20-34-79/h47-65H,13-46,79-86H2,1-12H3,(H2,87,100)(H,88,107)(H,89,101)(H,90,102)(H,91,103)(H,92,108)(H,93,109)(H,94,104)(H,95,105)(H,96,106)(H,97,110)(H,98,111)(H,99,112)/t53-,54-,55-,56-,57-,58-,59-,60-,61-,62-,63-,64-,65-/m0/s1. The largest absolute Gasteiger partial charge is 0.368 e. The molecule has 0 aromatic heterocycles. The van der Waals surface area contributed by atoms with Gasteiger partial charge in [0.05, 0.1) is 6.04 Å². The van der Waals surface area contributed by atoms with Crippen LogP contribution < -0.4 is 115 Å². The van der Waals surface area contributed by atoms with Crippen molar-refractivity contribution >= 4 is 76.8 Å². The highest BCUT2D eigenvalue weighted by molar-refractivity contribution is 6.00. The molecule has 0 aliphatic carbocycles. The molecule has 0 saturated heterocycles. The van der Waals surface area contributed by atoms with Crippen molar-refractivity contribution in [3.05, 3.63) is 0 Å². The third kappa shape index (κ3) is 46.2. The van der Waals surface area contributed by atoms with E-state index in [9.17, 15) is 62.3 Å². The molecule has 0 aliphatic heterocycles. The molecule has 0 aromatic rings. The summed E-state index contributed by atoms with van der Waals surface area (Å²) in [6, 6.07) is -15.3. The van der Waals surface area contributed by atoms with Crippen LogP contribution in [-0.4, -0.2) is 201 Å². The number of carbonyl (C=O) groups is 13. The van der Waals surface area contributed by atoms with Crippen LogP contribution in [0.2, 0.25) is 0 Å². The third-order valence-corrected chi connectivity index (χ3v) is 18.9. The molecule has 30 N–H and O–H groups in total. The van der Waals surface area contributed by atoms with Crippen LogP contribution in [0.3, 0.4) is 0 Å². The zero-order valence-corrected chi connectivity index (χ0v) is 70.0. The third-order valence-electron chi connectivity index (χ3n) is 18.9. The minimum Gasteiger partial charge on any atom is -0.368 e. The highest BCUT2D eigenvalue weighted by Gasteiger charge is 2.38. The maximum Gasteiger partial charge on any atom is 0.243 e. The number of rotatable bonds is 65. The van der Waals surface area contributed by atoms with Gasteiger partial charge in [-0.05, 0) is 248 Å². The first-order chi connectivity index (χ1) is 52.9. The van der Waals surface area contributed by atoms with Crippen LogP contribution in [0.15, 0.2) is 0 Å². The van der Waals surface area contributed by atoms with Crippen molar-refractivity contribution in [2.75, 3.05) is 45.8 Å². The number of primary amides is 1. The fraction of sp³-hybridized carbons (Fsp3) is 0.833. The summed E-state index contributed by atoms with van der Waals surface area (Å²) in [5, 5.41) is 33.7. The molecule has 0 spiro atoms. The lowest BCUT2D eigenvalue weighted by molar-refractivity contribution is -0.136. The summed E-state index contributed by atoms with van der Waals surface area (Å²) in [6.45, 7) is 24.4. The van der Waals surface area contributed by atoms with Gasteiger partial charge in [-0.3, -0.25) is 62.3 Å². The number of amides is 13. The lowest BCUT2D eigenvalue weighted by Gasteiger charge is -2.30. The van der Waals surface area contributed by atoms with Gasteiger partial charge < -0.3 is 115 Å². The molecule has 648 valence electrons. The lowest BCUT2D eigenvalue weighted by Crippen LogP contribution is -2.61. The molecule has 0 aliphatic rings. The molecule has 0 radical (unpaired) electrons. The van der Waals surface area contributed by atoms with E-state index >= 15 is 0 Å².